The van der Waals surface area contributed by atoms with Gasteiger partial charge in [-0.3, -0.25) is 4.79 Å². The maximum absolute atomic E-state index is 12.9. The highest BCUT2D eigenvalue weighted by Crippen LogP contribution is 2.28. The number of nitrogens with zero attached hydrogens (tertiary/aromatic N) is 1. The molecule has 0 saturated heterocycles. The number of carbonyl (C=O) groups excluding carboxylic acids is 1. The summed E-state index contributed by atoms with van der Waals surface area (Å²) in [5.74, 6) is 0.124. The van der Waals surface area contributed by atoms with E-state index in [1.54, 1.807) is 12.1 Å². The molecule has 21 heavy (non-hydrogen) atoms. The first kappa shape index (κ1) is 16.0. The number of halogens is 1. The third-order valence-corrected chi connectivity index (χ3v) is 4.99. The fraction of sp³-hybridized carbons (Fsp3) is 0.333. The van der Waals surface area contributed by atoms with Gasteiger partial charge in [-0.15, -0.1) is 11.3 Å². The largest absolute Gasteiger partial charge is 0.353 e. The van der Waals surface area contributed by atoms with Gasteiger partial charge in [-0.25, -0.2) is 9.37 Å². The summed E-state index contributed by atoms with van der Waals surface area (Å²) in [5.41, 5.74) is 1.69. The third-order valence-electron chi connectivity index (χ3n) is 2.97. The van der Waals surface area contributed by atoms with E-state index in [1.165, 1.54) is 35.2 Å². The summed E-state index contributed by atoms with van der Waals surface area (Å²) in [6.45, 7) is 4.02. The molecule has 0 aliphatic heterocycles. The number of rotatable bonds is 6. The minimum Gasteiger partial charge on any atom is -0.353 e. The number of hydrogen-bond acceptors (Lipinski definition) is 4. The first-order valence-electron chi connectivity index (χ1n) is 6.72. The molecule has 1 amide bonds. The molecule has 112 valence electrons. The van der Waals surface area contributed by atoms with E-state index in [0.29, 0.717) is 5.75 Å². The van der Waals surface area contributed by atoms with E-state index in [4.69, 9.17) is 0 Å². The first-order valence-corrected chi connectivity index (χ1v) is 8.58. The molecule has 0 saturated carbocycles. The fourth-order valence-electron chi connectivity index (χ4n) is 1.62. The molecule has 3 nitrogen and oxygen atoms in total. The van der Waals surface area contributed by atoms with E-state index >= 15 is 0 Å². The quantitative estimate of drug-likeness (QED) is 0.818. The first-order chi connectivity index (χ1) is 10.1. The molecule has 6 heteroatoms. The summed E-state index contributed by atoms with van der Waals surface area (Å²) < 4.78 is 13.7. The second-order valence-corrected chi connectivity index (χ2v) is 6.75. The second-order valence-electron chi connectivity index (χ2n) is 4.67. The minimum absolute atomic E-state index is 0.0212. The third kappa shape index (κ3) is 4.82. The topological polar surface area (TPSA) is 42.0 Å². The summed E-state index contributed by atoms with van der Waals surface area (Å²) in [7, 11) is 0. The Hall–Kier alpha value is -1.40. The standard InChI is InChI=1S/C15H17FN2OS2/c1-3-10(2)17-14(19)9-21-15-18-13(8-20-15)11-4-6-12(16)7-5-11/h4-8,10H,3,9H2,1-2H3,(H,17,19). The highest BCUT2D eigenvalue weighted by Gasteiger charge is 2.09. The number of thiazole rings is 1. The molecule has 0 aliphatic carbocycles. The molecule has 1 aromatic carbocycles. The SMILES string of the molecule is CCC(C)NC(=O)CSc1nc(-c2ccc(F)cc2)cs1. The van der Waals surface area contributed by atoms with Crippen LogP contribution in [0.2, 0.25) is 0 Å². The number of benzene rings is 1. The zero-order chi connectivity index (χ0) is 15.2. The van der Waals surface area contributed by atoms with Crippen LogP contribution < -0.4 is 5.32 Å². The van der Waals surface area contributed by atoms with Crippen LogP contribution in [0.3, 0.4) is 0 Å². The van der Waals surface area contributed by atoms with Crippen molar-refractivity contribution in [2.75, 3.05) is 5.75 Å². The van der Waals surface area contributed by atoms with Crippen LogP contribution >= 0.6 is 23.1 Å². The molecule has 2 rings (SSSR count). The van der Waals surface area contributed by atoms with Gasteiger partial charge in [-0.05, 0) is 37.6 Å². The predicted molar refractivity (Wildman–Crippen MR) is 86.1 cm³/mol. The summed E-state index contributed by atoms with van der Waals surface area (Å²) in [4.78, 5) is 16.2. The summed E-state index contributed by atoms with van der Waals surface area (Å²) in [6, 6.07) is 6.44. The van der Waals surface area contributed by atoms with Crippen molar-refractivity contribution in [1.29, 1.82) is 0 Å². The van der Waals surface area contributed by atoms with Gasteiger partial charge in [-0.2, -0.15) is 0 Å². The number of amides is 1. The Bertz CT molecular complexity index is 598. The molecule has 0 radical (unpaired) electrons. The van der Waals surface area contributed by atoms with Crippen LogP contribution in [-0.4, -0.2) is 22.7 Å². The zero-order valence-corrected chi connectivity index (χ0v) is 13.6. The number of thioether (sulfide) groups is 1. The average molecular weight is 324 g/mol. The van der Waals surface area contributed by atoms with Crippen LogP contribution in [0.1, 0.15) is 20.3 Å². The average Bonchev–Trinajstić information content (AvgIpc) is 2.94. The lowest BCUT2D eigenvalue weighted by molar-refractivity contribution is -0.119. The number of hydrogen-bond donors (Lipinski definition) is 1. The Morgan fingerprint density at radius 1 is 1.43 bits per heavy atom. The van der Waals surface area contributed by atoms with Gasteiger partial charge < -0.3 is 5.32 Å². The van der Waals surface area contributed by atoms with Crippen molar-refractivity contribution in [1.82, 2.24) is 10.3 Å². The molecule has 2 aromatic rings. The Kier molecular flexibility index (Phi) is 5.76. The highest BCUT2D eigenvalue weighted by molar-refractivity contribution is 8.01. The monoisotopic (exact) mass is 324 g/mol. The lowest BCUT2D eigenvalue weighted by atomic mass is 10.2. The Balaban J connectivity index is 1.91. The van der Waals surface area contributed by atoms with Gasteiger partial charge in [0.1, 0.15) is 5.82 Å². The van der Waals surface area contributed by atoms with E-state index in [2.05, 4.69) is 10.3 Å². The molecule has 0 bridgehead atoms. The van der Waals surface area contributed by atoms with Crippen LogP contribution in [-0.2, 0) is 4.79 Å². The lowest BCUT2D eigenvalue weighted by Crippen LogP contribution is -2.33. The molecule has 1 atom stereocenters. The summed E-state index contributed by atoms with van der Waals surface area (Å²) >= 11 is 2.91. The van der Waals surface area contributed by atoms with Crippen molar-refractivity contribution < 1.29 is 9.18 Å². The van der Waals surface area contributed by atoms with Crippen molar-refractivity contribution in [3.8, 4) is 11.3 Å². The van der Waals surface area contributed by atoms with Crippen molar-refractivity contribution in [3.63, 3.8) is 0 Å². The Labute approximate surface area is 132 Å². The maximum Gasteiger partial charge on any atom is 0.230 e. The van der Waals surface area contributed by atoms with Crippen molar-refractivity contribution in [2.24, 2.45) is 0 Å². The molecular weight excluding hydrogens is 307 g/mol. The van der Waals surface area contributed by atoms with E-state index in [0.717, 1.165) is 22.0 Å². The minimum atomic E-state index is -0.259. The summed E-state index contributed by atoms with van der Waals surface area (Å²) in [5, 5.41) is 4.84. The van der Waals surface area contributed by atoms with Gasteiger partial charge in [0.25, 0.3) is 0 Å². The number of carbonyl (C=O) groups is 1. The molecule has 1 unspecified atom stereocenters. The Morgan fingerprint density at radius 2 is 2.14 bits per heavy atom. The van der Waals surface area contributed by atoms with Gasteiger partial charge in [-0.1, -0.05) is 18.7 Å². The van der Waals surface area contributed by atoms with Gasteiger partial charge in [0.05, 0.1) is 11.4 Å². The van der Waals surface area contributed by atoms with Gasteiger partial charge >= 0.3 is 0 Å². The van der Waals surface area contributed by atoms with Crippen molar-refractivity contribution in [3.05, 3.63) is 35.5 Å². The Morgan fingerprint density at radius 3 is 2.81 bits per heavy atom. The van der Waals surface area contributed by atoms with Crippen LogP contribution in [0.4, 0.5) is 4.39 Å². The molecule has 1 heterocycles. The molecule has 0 spiro atoms. The molecule has 1 aromatic heterocycles. The molecule has 0 fully saturated rings. The maximum atomic E-state index is 12.9. The van der Waals surface area contributed by atoms with E-state index in [-0.39, 0.29) is 17.8 Å². The zero-order valence-electron chi connectivity index (χ0n) is 11.9. The van der Waals surface area contributed by atoms with Gasteiger partial charge in [0.2, 0.25) is 5.91 Å². The van der Waals surface area contributed by atoms with E-state index in [1.807, 2.05) is 19.2 Å². The highest BCUT2D eigenvalue weighted by atomic mass is 32.2. The second kappa shape index (κ2) is 7.56. The van der Waals surface area contributed by atoms with Gasteiger partial charge in [0.15, 0.2) is 4.34 Å². The van der Waals surface area contributed by atoms with Crippen LogP contribution in [0, 0.1) is 5.82 Å². The fourth-order valence-corrected chi connectivity index (χ4v) is 3.27. The van der Waals surface area contributed by atoms with Gasteiger partial charge in [0, 0.05) is 17.0 Å². The van der Waals surface area contributed by atoms with E-state index < -0.39 is 0 Å². The van der Waals surface area contributed by atoms with E-state index in [9.17, 15) is 9.18 Å². The van der Waals surface area contributed by atoms with Crippen LogP contribution in [0.15, 0.2) is 34.0 Å². The molecule has 1 N–H and O–H groups in total. The number of aromatic nitrogens is 1. The lowest BCUT2D eigenvalue weighted by Gasteiger charge is -2.10. The number of nitrogens with one attached hydrogen (secondary N) is 1. The smallest absolute Gasteiger partial charge is 0.230 e. The van der Waals surface area contributed by atoms with Crippen LogP contribution in [0.5, 0.6) is 0 Å². The normalized spacial score (nSPS) is 12.1. The molecule has 0 aliphatic rings. The molecular formula is C15H17FN2OS2. The van der Waals surface area contributed by atoms with Crippen molar-refractivity contribution in [2.45, 2.75) is 30.6 Å². The van der Waals surface area contributed by atoms with Crippen molar-refractivity contribution >= 4 is 29.0 Å². The predicted octanol–water partition coefficient (Wildman–Crippen LogP) is 3.96. The summed E-state index contributed by atoms with van der Waals surface area (Å²) in [6.07, 6.45) is 0.919. The van der Waals surface area contributed by atoms with Crippen LogP contribution in [0.25, 0.3) is 11.3 Å².